The predicted octanol–water partition coefficient (Wildman–Crippen LogP) is 2.78. The number of hydrogen-bond acceptors (Lipinski definition) is 3. The average Bonchev–Trinajstić information content (AvgIpc) is 2.74. The van der Waals surface area contributed by atoms with Gasteiger partial charge in [0.1, 0.15) is 0 Å². The van der Waals surface area contributed by atoms with E-state index in [2.05, 4.69) is 11.2 Å². The summed E-state index contributed by atoms with van der Waals surface area (Å²) < 4.78 is 1.72. The second-order valence-electron chi connectivity index (χ2n) is 4.64. The smallest absolute Gasteiger partial charge is 0.0991 e. The molecule has 0 aliphatic heterocycles. The normalized spacial score (nSPS) is 12.2. The van der Waals surface area contributed by atoms with Crippen molar-refractivity contribution < 1.29 is 5.11 Å². The summed E-state index contributed by atoms with van der Waals surface area (Å²) in [4.78, 5) is 0. The third-order valence-corrected chi connectivity index (χ3v) is 3.75. The van der Waals surface area contributed by atoms with Gasteiger partial charge in [-0.25, -0.2) is 0 Å². The Morgan fingerprint density at radius 1 is 1.40 bits per heavy atom. The van der Waals surface area contributed by atoms with Crippen molar-refractivity contribution in [3.63, 3.8) is 0 Å². The summed E-state index contributed by atoms with van der Waals surface area (Å²) in [5, 5.41) is 24.0. The first-order valence-electron chi connectivity index (χ1n) is 6.45. The highest BCUT2D eigenvalue weighted by Crippen LogP contribution is 2.26. The van der Waals surface area contributed by atoms with Gasteiger partial charge in [0.25, 0.3) is 0 Å². The topological polar surface area (TPSA) is 61.8 Å². The molecule has 2 rings (SSSR count). The van der Waals surface area contributed by atoms with Crippen LogP contribution < -0.4 is 0 Å². The molecule has 0 fully saturated rings. The lowest BCUT2D eigenvalue weighted by molar-refractivity contribution is 0.176. The Labute approximate surface area is 123 Å². The molecule has 1 aromatic carbocycles. The molecule has 4 nitrogen and oxygen atoms in total. The van der Waals surface area contributed by atoms with Gasteiger partial charge in [-0.05, 0) is 24.1 Å². The zero-order chi connectivity index (χ0) is 14.7. The van der Waals surface area contributed by atoms with E-state index in [1.807, 2.05) is 14.0 Å². The largest absolute Gasteiger partial charge is 0.388 e. The minimum atomic E-state index is -0.666. The van der Waals surface area contributed by atoms with Crippen LogP contribution >= 0.6 is 11.6 Å². The first-order chi connectivity index (χ1) is 9.56. The SMILES string of the molecule is CCc1nn(C)c(CC(O)c2ccc(C#N)cc2)c1Cl. The number of hydrogen-bond donors (Lipinski definition) is 1. The molecule has 20 heavy (non-hydrogen) atoms. The lowest BCUT2D eigenvalue weighted by Gasteiger charge is -2.11. The highest BCUT2D eigenvalue weighted by molar-refractivity contribution is 6.31. The molecule has 5 heteroatoms. The van der Waals surface area contributed by atoms with Crippen LogP contribution in [0.15, 0.2) is 24.3 Å². The molecule has 0 amide bonds. The maximum absolute atomic E-state index is 10.3. The van der Waals surface area contributed by atoms with Crippen molar-refractivity contribution in [2.24, 2.45) is 7.05 Å². The first-order valence-corrected chi connectivity index (χ1v) is 6.83. The van der Waals surface area contributed by atoms with E-state index in [1.54, 1.807) is 28.9 Å². The summed E-state index contributed by atoms with van der Waals surface area (Å²) >= 11 is 6.27. The molecule has 0 bridgehead atoms. The lowest BCUT2D eigenvalue weighted by Crippen LogP contribution is -2.07. The molecular formula is C15H16ClN3O. The summed E-state index contributed by atoms with van der Waals surface area (Å²) in [5.74, 6) is 0. The Morgan fingerprint density at radius 3 is 2.55 bits per heavy atom. The van der Waals surface area contributed by atoms with Gasteiger partial charge in [0.05, 0.1) is 34.1 Å². The standard InChI is InChI=1S/C15H16ClN3O/c1-3-12-15(16)13(19(2)18-12)8-14(20)11-6-4-10(9-17)5-7-11/h4-7,14,20H,3,8H2,1-2H3. The van der Waals surface area contributed by atoms with Crippen LogP contribution in [0.4, 0.5) is 0 Å². The number of aryl methyl sites for hydroxylation is 2. The number of aliphatic hydroxyl groups is 1. The lowest BCUT2D eigenvalue weighted by atomic mass is 10.0. The first kappa shape index (κ1) is 14.6. The Bertz CT molecular complexity index is 640. The fourth-order valence-corrected chi connectivity index (χ4v) is 2.49. The summed E-state index contributed by atoms with van der Waals surface area (Å²) in [7, 11) is 1.83. The minimum absolute atomic E-state index is 0.397. The minimum Gasteiger partial charge on any atom is -0.388 e. The van der Waals surface area contributed by atoms with Gasteiger partial charge >= 0.3 is 0 Å². The molecule has 1 aromatic heterocycles. The van der Waals surface area contributed by atoms with Crippen LogP contribution in [-0.2, 0) is 19.9 Å². The van der Waals surface area contributed by atoms with Crippen molar-refractivity contribution >= 4 is 11.6 Å². The van der Waals surface area contributed by atoms with Gasteiger partial charge in [-0.3, -0.25) is 4.68 Å². The van der Waals surface area contributed by atoms with Crippen LogP contribution in [0.25, 0.3) is 0 Å². The molecule has 0 aliphatic rings. The Kier molecular flexibility index (Phi) is 4.43. The van der Waals surface area contributed by atoms with Crippen molar-refractivity contribution in [1.82, 2.24) is 9.78 Å². The molecule has 2 aromatic rings. The molecule has 1 atom stereocenters. The number of nitriles is 1. The zero-order valence-electron chi connectivity index (χ0n) is 11.5. The zero-order valence-corrected chi connectivity index (χ0v) is 12.2. The van der Waals surface area contributed by atoms with E-state index in [4.69, 9.17) is 16.9 Å². The fraction of sp³-hybridized carbons (Fsp3) is 0.333. The van der Waals surface area contributed by atoms with E-state index in [9.17, 15) is 5.11 Å². The maximum atomic E-state index is 10.3. The van der Waals surface area contributed by atoms with Crippen LogP contribution in [0.5, 0.6) is 0 Å². The molecule has 0 saturated heterocycles. The molecule has 0 spiro atoms. The Hall–Kier alpha value is -1.83. The predicted molar refractivity (Wildman–Crippen MR) is 77.4 cm³/mol. The number of rotatable bonds is 4. The highest BCUT2D eigenvalue weighted by Gasteiger charge is 2.17. The third-order valence-electron chi connectivity index (χ3n) is 3.31. The van der Waals surface area contributed by atoms with Crippen LogP contribution in [0.3, 0.4) is 0 Å². The van der Waals surface area contributed by atoms with Gasteiger partial charge in [0, 0.05) is 13.5 Å². The molecule has 0 saturated carbocycles. The van der Waals surface area contributed by atoms with Crippen molar-refractivity contribution in [2.75, 3.05) is 0 Å². The van der Waals surface area contributed by atoms with Gasteiger partial charge < -0.3 is 5.11 Å². The molecule has 1 unspecified atom stereocenters. The molecule has 0 aliphatic carbocycles. The molecule has 104 valence electrons. The quantitative estimate of drug-likeness (QED) is 0.941. The van der Waals surface area contributed by atoms with Gasteiger partial charge in [0.2, 0.25) is 0 Å². The highest BCUT2D eigenvalue weighted by atomic mass is 35.5. The summed E-state index contributed by atoms with van der Waals surface area (Å²) in [5.41, 5.74) is 3.00. The summed E-state index contributed by atoms with van der Waals surface area (Å²) in [6, 6.07) is 8.96. The van der Waals surface area contributed by atoms with E-state index in [0.29, 0.717) is 17.0 Å². The van der Waals surface area contributed by atoms with Gasteiger partial charge in [-0.2, -0.15) is 10.4 Å². The van der Waals surface area contributed by atoms with Gasteiger partial charge in [0.15, 0.2) is 0 Å². The van der Waals surface area contributed by atoms with Crippen molar-refractivity contribution in [1.29, 1.82) is 5.26 Å². The number of nitrogens with zero attached hydrogens (tertiary/aromatic N) is 3. The number of aromatic nitrogens is 2. The van der Waals surface area contributed by atoms with Crippen LogP contribution in [0.2, 0.25) is 5.02 Å². The van der Waals surface area contributed by atoms with E-state index in [1.165, 1.54) is 0 Å². The van der Waals surface area contributed by atoms with Crippen molar-refractivity contribution in [3.8, 4) is 6.07 Å². The Balaban J connectivity index is 2.21. The number of benzene rings is 1. The van der Waals surface area contributed by atoms with Crippen LogP contribution in [0.1, 0.15) is 35.5 Å². The third kappa shape index (κ3) is 2.84. The average molecular weight is 290 g/mol. The van der Waals surface area contributed by atoms with E-state index >= 15 is 0 Å². The fourth-order valence-electron chi connectivity index (χ4n) is 2.12. The Morgan fingerprint density at radius 2 is 2.05 bits per heavy atom. The van der Waals surface area contributed by atoms with Crippen molar-refractivity contribution in [2.45, 2.75) is 25.9 Å². The van der Waals surface area contributed by atoms with Gasteiger partial charge in [-0.15, -0.1) is 0 Å². The molecular weight excluding hydrogens is 274 g/mol. The van der Waals surface area contributed by atoms with Crippen molar-refractivity contribution in [3.05, 3.63) is 51.8 Å². The van der Waals surface area contributed by atoms with Gasteiger partial charge in [-0.1, -0.05) is 30.7 Å². The molecule has 0 radical (unpaired) electrons. The second kappa shape index (κ2) is 6.08. The van der Waals surface area contributed by atoms with E-state index in [0.717, 1.165) is 23.4 Å². The van der Waals surface area contributed by atoms with E-state index < -0.39 is 6.10 Å². The summed E-state index contributed by atoms with van der Waals surface area (Å²) in [6.45, 7) is 2.00. The second-order valence-corrected chi connectivity index (χ2v) is 5.02. The monoisotopic (exact) mass is 289 g/mol. The van der Waals surface area contributed by atoms with Crippen LogP contribution in [-0.4, -0.2) is 14.9 Å². The van der Waals surface area contributed by atoms with E-state index in [-0.39, 0.29) is 0 Å². The summed E-state index contributed by atoms with van der Waals surface area (Å²) in [6.07, 6.45) is 0.494. The van der Waals surface area contributed by atoms with Crippen LogP contribution in [0, 0.1) is 11.3 Å². The maximum Gasteiger partial charge on any atom is 0.0991 e. The molecule has 1 heterocycles. The molecule has 1 N–H and O–H groups in total. The number of halogens is 1. The number of aliphatic hydroxyl groups excluding tert-OH is 1.